The molecule has 3 nitrogen and oxygen atoms in total. The van der Waals surface area contributed by atoms with E-state index in [1.165, 1.54) is 0 Å². The van der Waals surface area contributed by atoms with Crippen molar-refractivity contribution in [1.82, 2.24) is 10.2 Å². The molecule has 0 aliphatic carbocycles. The monoisotopic (exact) mass is 178 g/mol. The van der Waals surface area contributed by atoms with Gasteiger partial charge in [-0.15, -0.1) is 0 Å². The number of aromatic nitrogens is 2. The van der Waals surface area contributed by atoms with Crippen LogP contribution in [0.3, 0.4) is 0 Å². The Morgan fingerprint density at radius 1 is 1.58 bits per heavy atom. The molecule has 1 aromatic rings. The highest BCUT2D eigenvalue weighted by molar-refractivity contribution is 5.24. The lowest BCUT2D eigenvalue weighted by Crippen LogP contribution is -2.08. The quantitative estimate of drug-likeness (QED) is 0.662. The van der Waals surface area contributed by atoms with E-state index in [-0.39, 0.29) is 5.56 Å². The van der Waals surface area contributed by atoms with E-state index in [2.05, 4.69) is 5.10 Å². The minimum absolute atomic E-state index is 0.0995. The van der Waals surface area contributed by atoms with Crippen LogP contribution in [0.5, 0.6) is 0 Å². The summed E-state index contributed by atoms with van der Waals surface area (Å²) in [6.07, 6.45) is -3.63. The Kier molecular flexibility index (Phi) is 1.41. The number of nitrogens with one attached hydrogen (secondary N) is 1. The number of halogens is 3. The molecule has 1 saturated heterocycles. The standard InChI is InChI=1S/C6H5F3N2O/c7-6(8,9)5-3(1-10-11-5)4-2-12-4/h1,4H,2H2,(H,10,11)/t4-/m0/s1. The van der Waals surface area contributed by atoms with Crippen molar-refractivity contribution in [2.45, 2.75) is 12.3 Å². The van der Waals surface area contributed by atoms with E-state index < -0.39 is 18.0 Å². The van der Waals surface area contributed by atoms with Crippen molar-refractivity contribution >= 4 is 0 Å². The van der Waals surface area contributed by atoms with Gasteiger partial charge in [0.15, 0.2) is 0 Å². The summed E-state index contributed by atoms with van der Waals surface area (Å²) in [7, 11) is 0. The molecule has 0 radical (unpaired) electrons. The first-order valence-corrected chi connectivity index (χ1v) is 3.31. The van der Waals surface area contributed by atoms with Gasteiger partial charge in [-0.3, -0.25) is 5.10 Å². The minimum atomic E-state index is -4.36. The summed E-state index contributed by atoms with van der Waals surface area (Å²) in [6.45, 7) is 0.350. The first kappa shape index (κ1) is 7.60. The predicted octanol–water partition coefficient (Wildman–Crippen LogP) is 1.50. The first-order valence-electron chi connectivity index (χ1n) is 3.31. The van der Waals surface area contributed by atoms with E-state index in [4.69, 9.17) is 4.74 Å². The first-order chi connectivity index (χ1) is 5.59. The molecular weight excluding hydrogens is 173 g/mol. The lowest BCUT2D eigenvalue weighted by molar-refractivity contribution is -0.142. The maximum absolute atomic E-state index is 12.1. The fourth-order valence-corrected chi connectivity index (χ4v) is 0.994. The van der Waals surface area contributed by atoms with Gasteiger partial charge in [0.05, 0.1) is 12.8 Å². The Labute approximate surface area is 65.5 Å². The molecule has 0 spiro atoms. The second-order valence-electron chi connectivity index (χ2n) is 2.52. The van der Waals surface area contributed by atoms with Gasteiger partial charge in [-0.1, -0.05) is 0 Å². The van der Waals surface area contributed by atoms with Crippen molar-refractivity contribution in [3.05, 3.63) is 17.5 Å². The second kappa shape index (κ2) is 2.22. The molecule has 1 aromatic heterocycles. The van der Waals surface area contributed by atoms with Gasteiger partial charge < -0.3 is 4.74 Å². The largest absolute Gasteiger partial charge is 0.433 e. The fraction of sp³-hybridized carbons (Fsp3) is 0.500. The number of aromatic amines is 1. The van der Waals surface area contributed by atoms with E-state index in [1.807, 2.05) is 5.10 Å². The molecule has 0 bridgehead atoms. The maximum atomic E-state index is 12.1. The van der Waals surface area contributed by atoms with E-state index in [0.29, 0.717) is 6.61 Å². The molecule has 2 heterocycles. The molecule has 1 aliphatic rings. The van der Waals surface area contributed by atoms with Gasteiger partial charge >= 0.3 is 6.18 Å². The number of rotatable bonds is 1. The van der Waals surface area contributed by atoms with Crippen LogP contribution in [0.2, 0.25) is 0 Å². The topological polar surface area (TPSA) is 41.2 Å². The summed E-state index contributed by atoms with van der Waals surface area (Å²) in [5, 5.41) is 5.24. The van der Waals surface area contributed by atoms with Crippen molar-refractivity contribution < 1.29 is 17.9 Å². The molecule has 0 saturated carbocycles. The molecule has 0 aromatic carbocycles. The Balaban J connectivity index is 2.36. The van der Waals surface area contributed by atoms with Gasteiger partial charge in [0.1, 0.15) is 11.8 Å². The number of hydrogen-bond acceptors (Lipinski definition) is 2. The summed E-state index contributed by atoms with van der Waals surface area (Å²) in [5.74, 6) is 0. The average molecular weight is 178 g/mol. The second-order valence-corrected chi connectivity index (χ2v) is 2.52. The van der Waals surface area contributed by atoms with Gasteiger partial charge in [-0.05, 0) is 0 Å². The van der Waals surface area contributed by atoms with Crippen molar-refractivity contribution in [3.8, 4) is 0 Å². The predicted molar refractivity (Wildman–Crippen MR) is 32.3 cm³/mol. The van der Waals surface area contributed by atoms with Crippen LogP contribution in [-0.4, -0.2) is 16.8 Å². The smallest absolute Gasteiger partial charge is 0.368 e. The third kappa shape index (κ3) is 1.18. The summed E-state index contributed by atoms with van der Waals surface area (Å²) >= 11 is 0. The van der Waals surface area contributed by atoms with Crippen LogP contribution in [0.1, 0.15) is 17.4 Å². The van der Waals surface area contributed by atoms with Crippen LogP contribution < -0.4 is 0 Å². The minimum Gasteiger partial charge on any atom is -0.368 e. The van der Waals surface area contributed by atoms with Crippen molar-refractivity contribution in [2.24, 2.45) is 0 Å². The summed E-state index contributed by atoms with van der Waals surface area (Å²) in [4.78, 5) is 0. The molecule has 1 atom stereocenters. The van der Waals surface area contributed by atoms with Gasteiger partial charge in [-0.2, -0.15) is 18.3 Å². The SMILES string of the molecule is FC(F)(F)c1[nH]ncc1[C@@H]1CO1. The number of nitrogens with zero attached hydrogens (tertiary/aromatic N) is 1. The van der Waals surface area contributed by atoms with Crippen LogP contribution in [0.15, 0.2) is 6.20 Å². The third-order valence-corrected chi connectivity index (χ3v) is 1.63. The maximum Gasteiger partial charge on any atom is 0.433 e. The van der Waals surface area contributed by atoms with Crippen LogP contribution in [-0.2, 0) is 10.9 Å². The summed E-state index contributed by atoms with van der Waals surface area (Å²) < 4.78 is 41.2. The van der Waals surface area contributed by atoms with Crippen molar-refractivity contribution in [2.75, 3.05) is 6.61 Å². The molecular formula is C6H5F3N2O. The van der Waals surface area contributed by atoms with Crippen LogP contribution in [0.4, 0.5) is 13.2 Å². The van der Waals surface area contributed by atoms with E-state index in [9.17, 15) is 13.2 Å². The van der Waals surface area contributed by atoms with Gasteiger partial charge in [0.25, 0.3) is 0 Å². The van der Waals surface area contributed by atoms with Gasteiger partial charge in [-0.25, -0.2) is 0 Å². The number of epoxide rings is 1. The highest BCUT2D eigenvalue weighted by atomic mass is 19.4. The van der Waals surface area contributed by atoms with Crippen molar-refractivity contribution in [1.29, 1.82) is 0 Å². The fourth-order valence-electron chi connectivity index (χ4n) is 0.994. The lowest BCUT2D eigenvalue weighted by Gasteiger charge is -2.03. The molecule has 0 unspecified atom stereocenters. The zero-order chi connectivity index (χ0) is 8.77. The van der Waals surface area contributed by atoms with E-state index in [1.54, 1.807) is 0 Å². The Hall–Kier alpha value is -1.04. The number of ether oxygens (including phenoxy) is 1. The van der Waals surface area contributed by atoms with Crippen LogP contribution in [0.25, 0.3) is 0 Å². The summed E-state index contributed by atoms with van der Waals surface area (Å²) in [5.41, 5.74) is -0.701. The van der Waals surface area contributed by atoms with Gasteiger partial charge in [0.2, 0.25) is 0 Å². The zero-order valence-corrected chi connectivity index (χ0v) is 5.85. The number of H-pyrrole nitrogens is 1. The summed E-state index contributed by atoms with van der Waals surface area (Å²) in [6, 6.07) is 0. The number of hydrogen-bond donors (Lipinski definition) is 1. The molecule has 12 heavy (non-hydrogen) atoms. The molecule has 2 rings (SSSR count). The van der Waals surface area contributed by atoms with E-state index >= 15 is 0 Å². The number of alkyl halides is 3. The molecule has 66 valence electrons. The molecule has 6 heteroatoms. The van der Waals surface area contributed by atoms with Crippen LogP contribution in [0, 0.1) is 0 Å². The molecule has 1 N–H and O–H groups in total. The zero-order valence-electron chi connectivity index (χ0n) is 5.85. The van der Waals surface area contributed by atoms with Crippen LogP contribution >= 0.6 is 0 Å². The average Bonchev–Trinajstić information content (AvgIpc) is 2.65. The molecule has 0 amide bonds. The third-order valence-electron chi connectivity index (χ3n) is 1.63. The highest BCUT2D eigenvalue weighted by Crippen LogP contribution is 2.38. The van der Waals surface area contributed by atoms with E-state index in [0.717, 1.165) is 6.20 Å². The molecule has 1 fully saturated rings. The highest BCUT2D eigenvalue weighted by Gasteiger charge is 2.40. The Bertz CT molecular complexity index is 289. The molecule has 1 aliphatic heterocycles. The van der Waals surface area contributed by atoms with Gasteiger partial charge in [0, 0.05) is 5.56 Å². The lowest BCUT2D eigenvalue weighted by atomic mass is 10.2. The Morgan fingerprint density at radius 3 is 2.75 bits per heavy atom. The van der Waals surface area contributed by atoms with Crippen molar-refractivity contribution in [3.63, 3.8) is 0 Å². The Morgan fingerprint density at radius 2 is 2.25 bits per heavy atom. The normalized spacial score (nSPS) is 22.8.